The first-order chi connectivity index (χ1) is 15.9. The maximum absolute atomic E-state index is 11.9. The number of pyridine rings is 2. The summed E-state index contributed by atoms with van der Waals surface area (Å²) in [4.78, 5) is 17.2. The van der Waals surface area contributed by atoms with Crippen molar-refractivity contribution in [1.82, 2.24) is 34.0 Å². The van der Waals surface area contributed by atoms with Gasteiger partial charge in [-0.05, 0) is 49.6 Å². The summed E-state index contributed by atoms with van der Waals surface area (Å²) < 4.78 is 27.2. The molecule has 1 N–H and O–H groups in total. The SMILES string of the molecule is Cc1cccc(-c2nn3c(c2-c2ccnc(-c4nc5c([nH]4)CN(S(C)(=O)=O)C5)c2)CCC3)n1. The van der Waals surface area contributed by atoms with Crippen molar-refractivity contribution < 1.29 is 8.42 Å². The fourth-order valence-electron chi connectivity index (χ4n) is 4.67. The molecular weight excluding hydrogens is 438 g/mol. The first-order valence-electron chi connectivity index (χ1n) is 10.9. The molecule has 0 radical (unpaired) electrons. The van der Waals surface area contributed by atoms with Gasteiger partial charge < -0.3 is 4.98 Å². The van der Waals surface area contributed by atoms with Gasteiger partial charge in [-0.25, -0.2) is 13.4 Å². The third-order valence-electron chi connectivity index (χ3n) is 6.26. The van der Waals surface area contributed by atoms with Gasteiger partial charge in [-0.2, -0.15) is 9.40 Å². The molecule has 0 aromatic carbocycles. The number of H-pyrrole nitrogens is 1. The Morgan fingerprint density at radius 2 is 1.97 bits per heavy atom. The van der Waals surface area contributed by atoms with Gasteiger partial charge in [0.15, 0.2) is 5.82 Å². The molecular formula is C23H23N7O2S. The van der Waals surface area contributed by atoms with Gasteiger partial charge in [0.25, 0.3) is 0 Å². The molecule has 6 rings (SSSR count). The van der Waals surface area contributed by atoms with Crippen molar-refractivity contribution in [1.29, 1.82) is 0 Å². The molecule has 0 bridgehead atoms. The maximum atomic E-state index is 11.9. The van der Waals surface area contributed by atoms with Gasteiger partial charge in [0.05, 0.1) is 36.4 Å². The van der Waals surface area contributed by atoms with E-state index in [2.05, 4.69) is 19.6 Å². The monoisotopic (exact) mass is 461 g/mol. The second kappa shape index (κ2) is 7.32. The van der Waals surface area contributed by atoms with Crippen LogP contribution in [0.25, 0.3) is 34.0 Å². The van der Waals surface area contributed by atoms with Gasteiger partial charge in [-0.3, -0.25) is 14.6 Å². The Hall–Kier alpha value is -3.37. The molecule has 0 aliphatic carbocycles. The fraction of sp³-hybridized carbons (Fsp3) is 0.304. The first-order valence-corrected chi connectivity index (χ1v) is 12.7. The Bertz CT molecular complexity index is 1480. The Morgan fingerprint density at radius 1 is 1.09 bits per heavy atom. The van der Waals surface area contributed by atoms with Crippen LogP contribution in [-0.2, 0) is 36.1 Å². The van der Waals surface area contributed by atoms with E-state index in [1.54, 1.807) is 6.20 Å². The van der Waals surface area contributed by atoms with Crippen LogP contribution in [-0.4, -0.2) is 48.7 Å². The maximum Gasteiger partial charge on any atom is 0.211 e. The van der Waals surface area contributed by atoms with Crippen LogP contribution in [0.5, 0.6) is 0 Å². The van der Waals surface area contributed by atoms with E-state index in [9.17, 15) is 8.42 Å². The van der Waals surface area contributed by atoms with E-state index in [0.717, 1.165) is 59.0 Å². The van der Waals surface area contributed by atoms with E-state index in [4.69, 9.17) is 10.1 Å². The number of sulfonamides is 1. The summed E-state index contributed by atoms with van der Waals surface area (Å²) in [6.07, 6.45) is 5.06. The molecule has 0 spiro atoms. The largest absolute Gasteiger partial charge is 0.339 e. The van der Waals surface area contributed by atoms with Gasteiger partial charge in [-0.15, -0.1) is 0 Å². The van der Waals surface area contributed by atoms with Gasteiger partial charge in [0.1, 0.15) is 11.4 Å². The molecule has 10 heteroatoms. The number of nitrogens with zero attached hydrogens (tertiary/aromatic N) is 6. The minimum Gasteiger partial charge on any atom is -0.339 e. The smallest absolute Gasteiger partial charge is 0.211 e. The molecule has 0 saturated carbocycles. The average Bonchev–Trinajstić information content (AvgIpc) is 3.52. The zero-order valence-corrected chi connectivity index (χ0v) is 19.2. The van der Waals surface area contributed by atoms with Crippen LogP contribution >= 0.6 is 0 Å². The van der Waals surface area contributed by atoms with Crippen LogP contribution in [0.15, 0.2) is 36.5 Å². The Balaban J connectivity index is 1.41. The van der Waals surface area contributed by atoms with E-state index >= 15 is 0 Å². The fourth-order valence-corrected chi connectivity index (χ4v) is 5.39. The third kappa shape index (κ3) is 3.46. The minimum absolute atomic E-state index is 0.282. The molecule has 0 amide bonds. The van der Waals surface area contributed by atoms with Crippen LogP contribution in [0.4, 0.5) is 0 Å². The molecule has 0 saturated heterocycles. The van der Waals surface area contributed by atoms with E-state index in [1.165, 1.54) is 16.3 Å². The topological polar surface area (TPSA) is 110 Å². The highest BCUT2D eigenvalue weighted by Gasteiger charge is 2.30. The summed E-state index contributed by atoms with van der Waals surface area (Å²) in [5, 5.41) is 4.90. The van der Waals surface area contributed by atoms with Gasteiger partial charge >= 0.3 is 0 Å². The average molecular weight is 462 g/mol. The molecule has 0 fully saturated rings. The Kier molecular flexibility index (Phi) is 4.49. The molecule has 2 aliphatic heterocycles. The van der Waals surface area contributed by atoms with Crippen molar-refractivity contribution in [2.75, 3.05) is 6.26 Å². The number of hydrogen-bond acceptors (Lipinski definition) is 6. The molecule has 0 unspecified atom stereocenters. The standard InChI is InChI=1S/C23H23N7O2S/c1-14-5-3-6-16(25-14)22-21(20-7-4-10-30(20)28-22)15-8-9-24-17(11-15)23-26-18-12-29(33(2,31)32)13-19(18)27-23/h3,5-6,8-9,11H,4,7,10,12-13H2,1-2H3,(H,26,27). The number of hydrogen-bond donors (Lipinski definition) is 1. The number of imidazole rings is 1. The Morgan fingerprint density at radius 3 is 2.76 bits per heavy atom. The zero-order chi connectivity index (χ0) is 22.7. The van der Waals surface area contributed by atoms with E-state index < -0.39 is 10.0 Å². The summed E-state index contributed by atoms with van der Waals surface area (Å²) >= 11 is 0. The zero-order valence-electron chi connectivity index (χ0n) is 18.4. The summed E-state index contributed by atoms with van der Waals surface area (Å²) in [6.45, 7) is 3.48. The number of fused-ring (bicyclic) bond motifs is 2. The molecule has 6 heterocycles. The van der Waals surface area contributed by atoms with Crippen molar-refractivity contribution in [3.8, 4) is 34.0 Å². The lowest BCUT2D eigenvalue weighted by molar-refractivity contribution is 0.431. The van der Waals surface area contributed by atoms with Crippen molar-refractivity contribution in [2.24, 2.45) is 0 Å². The number of aromatic nitrogens is 6. The van der Waals surface area contributed by atoms with Crippen LogP contribution in [0, 0.1) is 6.92 Å². The van der Waals surface area contributed by atoms with E-state index in [1.807, 2.05) is 37.3 Å². The summed E-state index contributed by atoms with van der Waals surface area (Å²) in [7, 11) is -3.25. The van der Waals surface area contributed by atoms with Gasteiger partial charge in [-0.1, -0.05) is 6.07 Å². The molecule has 9 nitrogen and oxygen atoms in total. The van der Waals surface area contributed by atoms with Crippen molar-refractivity contribution in [2.45, 2.75) is 39.4 Å². The molecule has 4 aromatic heterocycles. The molecule has 2 aliphatic rings. The highest BCUT2D eigenvalue weighted by atomic mass is 32.2. The summed E-state index contributed by atoms with van der Waals surface area (Å²) in [5.41, 5.74) is 8.32. The van der Waals surface area contributed by atoms with Gasteiger partial charge in [0.2, 0.25) is 10.0 Å². The molecule has 168 valence electrons. The van der Waals surface area contributed by atoms with Crippen LogP contribution in [0.2, 0.25) is 0 Å². The van der Waals surface area contributed by atoms with Gasteiger partial charge in [0, 0.05) is 29.7 Å². The van der Waals surface area contributed by atoms with E-state index in [0.29, 0.717) is 18.1 Å². The second-order valence-corrected chi connectivity index (χ2v) is 10.6. The molecule has 0 atom stereocenters. The quantitative estimate of drug-likeness (QED) is 0.500. The second-order valence-electron chi connectivity index (χ2n) is 8.63. The van der Waals surface area contributed by atoms with Crippen LogP contribution < -0.4 is 0 Å². The lowest BCUT2D eigenvalue weighted by Gasteiger charge is -2.11. The van der Waals surface area contributed by atoms with Crippen LogP contribution in [0.3, 0.4) is 0 Å². The van der Waals surface area contributed by atoms with Crippen molar-refractivity contribution in [3.63, 3.8) is 0 Å². The predicted molar refractivity (Wildman–Crippen MR) is 123 cm³/mol. The summed E-state index contributed by atoms with van der Waals surface area (Å²) in [5.74, 6) is 0.647. The normalized spacial score (nSPS) is 15.7. The Labute approximate surface area is 191 Å². The predicted octanol–water partition coefficient (Wildman–Crippen LogP) is 2.93. The van der Waals surface area contributed by atoms with Crippen molar-refractivity contribution >= 4 is 10.0 Å². The molecule has 4 aromatic rings. The highest BCUT2D eigenvalue weighted by Crippen LogP contribution is 2.38. The number of aryl methyl sites for hydroxylation is 2. The summed E-state index contributed by atoms with van der Waals surface area (Å²) in [6, 6.07) is 10.0. The lowest BCUT2D eigenvalue weighted by atomic mass is 10.00. The third-order valence-corrected chi connectivity index (χ3v) is 7.45. The number of aromatic amines is 1. The van der Waals surface area contributed by atoms with E-state index in [-0.39, 0.29) is 6.54 Å². The molecule has 33 heavy (non-hydrogen) atoms. The number of rotatable bonds is 4. The van der Waals surface area contributed by atoms with Crippen molar-refractivity contribution in [3.05, 3.63) is 59.3 Å². The minimum atomic E-state index is -3.25. The highest BCUT2D eigenvalue weighted by molar-refractivity contribution is 7.88. The van der Waals surface area contributed by atoms with Crippen LogP contribution in [0.1, 0.15) is 29.2 Å². The first kappa shape index (κ1) is 20.3. The lowest BCUT2D eigenvalue weighted by Crippen LogP contribution is -2.24. The number of nitrogens with one attached hydrogen (secondary N) is 1.